The van der Waals surface area contributed by atoms with Crippen LogP contribution in [-0.4, -0.2) is 42.0 Å². The first-order valence-electron chi connectivity index (χ1n) is 8.72. The van der Waals surface area contributed by atoms with Gasteiger partial charge in [-0.3, -0.25) is 4.79 Å². The van der Waals surface area contributed by atoms with Crippen molar-refractivity contribution in [2.24, 2.45) is 0 Å². The number of carbonyl (C=O) groups is 1. The Bertz CT molecular complexity index is 941. The first kappa shape index (κ1) is 17.9. The Kier molecular flexibility index (Phi) is 5.03. The van der Waals surface area contributed by atoms with Crippen LogP contribution in [0.5, 0.6) is 0 Å². The Labute approximate surface area is 169 Å². The summed E-state index contributed by atoms with van der Waals surface area (Å²) in [7, 11) is 0. The van der Waals surface area contributed by atoms with Crippen molar-refractivity contribution in [3.8, 4) is 0 Å². The summed E-state index contributed by atoms with van der Waals surface area (Å²) < 4.78 is 2.24. The minimum Gasteiger partial charge on any atom is -0.345 e. The lowest BCUT2D eigenvalue weighted by molar-refractivity contribution is 0.0751. The van der Waals surface area contributed by atoms with Crippen molar-refractivity contribution in [1.29, 1.82) is 0 Å². The molecule has 1 aromatic carbocycles. The highest BCUT2D eigenvalue weighted by molar-refractivity contribution is 9.11. The molecule has 1 amide bonds. The number of hydrogen-bond acceptors (Lipinski definition) is 5. The van der Waals surface area contributed by atoms with Gasteiger partial charge in [-0.05, 0) is 45.6 Å². The quantitative estimate of drug-likeness (QED) is 0.550. The molecule has 3 heterocycles. The highest BCUT2D eigenvalue weighted by Gasteiger charge is 2.25. The summed E-state index contributed by atoms with van der Waals surface area (Å²) in [6.45, 7) is 7.55. The monoisotopic (exact) mass is 449 g/mol. The maximum Gasteiger partial charge on any atom is 0.264 e. The van der Waals surface area contributed by atoms with Gasteiger partial charge in [0.25, 0.3) is 5.91 Å². The molecule has 2 aromatic heterocycles. The van der Waals surface area contributed by atoms with Gasteiger partial charge in [0.2, 0.25) is 0 Å². The fourth-order valence-corrected chi connectivity index (χ4v) is 5.65. The normalized spacial score (nSPS) is 15.2. The fraction of sp³-hybridized carbons (Fsp3) is 0.368. The van der Waals surface area contributed by atoms with Crippen molar-refractivity contribution in [3.05, 3.63) is 44.6 Å². The smallest absolute Gasteiger partial charge is 0.264 e. The average Bonchev–Trinajstić information content (AvgIpc) is 3.27. The molecule has 1 fully saturated rings. The van der Waals surface area contributed by atoms with Crippen LogP contribution in [0.2, 0.25) is 0 Å². The molecule has 4 nitrogen and oxygen atoms in total. The molecule has 0 unspecified atom stereocenters. The number of anilines is 1. The molecule has 0 atom stereocenters. The molecule has 0 aliphatic carbocycles. The summed E-state index contributed by atoms with van der Waals surface area (Å²) in [5.74, 6) is 0.597. The van der Waals surface area contributed by atoms with Crippen LogP contribution in [0, 0.1) is 0 Å². The highest BCUT2D eigenvalue weighted by Crippen LogP contribution is 2.34. The van der Waals surface area contributed by atoms with E-state index in [2.05, 4.69) is 52.9 Å². The average molecular weight is 450 g/mol. The van der Waals surface area contributed by atoms with Gasteiger partial charge in [0.05, 0.1) is 18.9 Å². The number of piperazine rings is 1. The molecule has 4 rings (SSSR count). The third-order valence-electron chi connectivity index (χ3n) is 4.68. The van der Waals surface area contributed by atoms with E-state index in [1.807, 2.05) is 17.0 Å². The third kappa shape index (κ3) is 3.40. The van der Waals surface area contributed by atoms with Gasteiger partial charge in [0, 0.05) is 26.2 Å². The number of halogens is 1. The van der Waals surface area contributed by atoms with Crippen molar-refractivity contribution < 1.29 is 4.79 Å². The number of hydrogen-bond donors (Lipinski definition) is 0. The molecule has 136 valence electrons. The summed E-state index contributed by atoms with van der Waals surface area (Å²) in [5.41, 5.74) is 2.44. The zero-order valence-corrected chi connectivity index (χ0v) is 18.0. The van der Waals surface area contributed by atoms with Crippen molar-refractivity contribution in [3.63, 3.8) is 0 Å². The number of thiophene rings is 1. The second-order valence-corrected chi connectivity index (χ2v) is 10.2. The van der Waals surface area contributed by atoms with Gasteiger partial charge >= 0.3 is 0 Å². The molecule has 26 heavy (non-hydrogen) atoms. The van der Waals surface area contributed by atoms with Crippen LogP contribution in [0.4, 0.5) is 5.13 Å². The predicted molar refractivity (Wildman–Crippen MR) is 114 cm³/mol. The summed E-state index contributed by atoms with van der Waals surface area (Å²) in [6.07, 6.45) is 0. The van der Waals surface area contributed by atoms with Gasteiger partial charge in [-0.2, -0.15) is 0 Å². The Morgan fingerprint density at radius 2 is 1.88 bits per heavy atom. The van der Waals surface area contributed by atoms with Gasteiger partial charge < -0.3 is 9.80 Å². The number of thiazole rings is 1. The SMILES string of the molecule is CC(C)c1cccc2sc(N3CCN(C(=O)c4ccc(Br)s4)CC3)nc12. The molecule has 0 N–H and O–H groups in total. The molecular weight excluding hydrogens is 430 g/mol. The minimum atomic E-state index is 0.131. The fourth-order valence-electron chi connectivity index (χ4n) is 3.25. The number of fused-ring (bicyclic) bond motifs is 1. The van der Waals surface area contributed by atoms with E-state index < -0.39 is 0 Å². The number of aromatic nitrogens is 1. The zero-order chi connectivity index (χ0) is 18.3. The van der Waals surface area contributed by atoms with Crippen LogP contribution < -0.4 is 4.90 Å². The zero-order valence-electron chi connectivity index (χ0n) is 14.7. The van der Waals surface area contributed by atoms with Gasteiger partial charge in [0.15, 0.2) is 5.13 Å². The molecule has 3 aromatic rings. The van der Waals surface area contributed by atoms with Crippen molar-refractivity contribution in [1.82, 2.24) is 9.88 Å². The molecule has 1 saturated heterocycles. The number of rotatable bonds is 3. The Balaban J connectivity index is 1.49. The first-order chi connectivity index (χ1) is 12.5. The van der Waals surface area contributed by atoms with E-state index >= 15 is 0 Å². The van der Waals surface area contributed by atoms with Gasteiger partial charge in [-0.1, -0.05) is 37.3 Å². The molecular formula is C19H20BrN3OS2. The van der Waals surface area contributed by atoms with E-state index in [9.17, 15) is 4.79 Å². The largest absolute Gasteiger partial charge is 0.345 e. The van der Waals surface area contributed by atoms with E-state index in [1.54, 1.807) is 11.3 Å². The van der Waals surface area contributed by atoms with E-state index in [-0.39, 0.29) is 5.91 Å². The maximum absolute atomic E-state index is 12.6. The van der Waals surface area contributed by atoms with E-state index in [0.717, 1.165) is 45.5 Å². The summed E-state index contributed by atoms with van der Waals surface area (Å²) in [4.78, 5) is 22.6. The van der Waals surface area contributed by atoms with Gasteiger partial charge in [0.1, 0.15) is 0 Å². The van der Waals surface area contributed by atoms with Crippen molar-refractivity contribution in [2.45, 2.75) is 19.8 Å². The van der Waals surface area contributed by atoms with E-state index in [4.69, 9.17) is 4.98 Å². The summed E-state index contributed by atoms with van der Waals surface area (Å²) in [6, 6.07) is 10.3. The van der Waals surface area contributed by atoms with Crippen LogP contribution in [0.15, 0.2) is 34.1 Å². The molecule has 1 aliphatic heterocycles. The lowest BCUT2D eigenvalue weighted by Gasteiger charge is -2.34. The molecule has 0 radical (unpaired) electrons. The molecule has 1 aliphatic rings. The number of amides is 1. The van der Waals surface area contributed by atoms with E-state index in [0.29, 0.717) is 5.92 Å². The molecule has 7 heteroatoms. The Morgan fingerprint density at radius 3 is 2.54 bits per heavy atom. The molecule has 0 spiro atoms. The van der Waals surface area contributed by atoms with Crippen LogP contribution >= 0.6 is 38.6 Å². The first-order valence-corrected chi connectivity index (χ1v) is 11.1. The second-order valence-electron chi connectivity index (χ2n) is 6.73. The van der Waals surface area contributed by atoms with Gasteiger partial charge in [-0.25, -0.2) is 4.98 Å². The molecule has 0 saturated carbocycles. The summed E-state index contributed by atoms with van der Waals surface area (Å²) >= 11 is 6.68. The number of para-hydroxylation sites is 1. The minimum absolute atomic E-state index is 0.131. The number of nitrogens with zero attached hydrogens (tertiary/aromatic N) is 3. The van der Waals surface area contributed by atoms with Crippen LogP contribution in [-0.2, 0) is 0 Å². The predicted octanol–water partition coefficient (Wildman–Crippen LogP) is 5.21. The lowest BCUT2D eigenvalue weighted by Crippen LogP contribution is -2.48. The number of carbonyl (C=O) groups excluding carboxylic acids is 1. The lowest BCUT2D eigenvalue weighted by atomic mass is 10.0. The molecule has 0 bridgehead atoms. The van der Waals surface area contributed by atoms with E-state index in [1.165, 1.54) is 21.6 Å². The third-order valence-corrected chi connectivity index (χ3v) is 7.38. The topological polar surface area (TPSA) is 36.4 Å². The van der Waals surface area contributed by atoms with Gasteiger partial charge in [-0.15, -0.1) is 11.3 Å². The van der Waals surface area contributed by atoms with Crippen molar-refractivity contribution in [2.75, 3.05) is 31.1 Å². The van der Waals surface area contributed by atoms with Crippen LogP contribution in [0.25, 0.3) is 10.2 Å². The highest BCUT2D eigenvalue weighted by atomic mass is 79.9. The van der Waals surface area contributed by atoms with Crippen LogP contribution in [0.1, 0.15) is 35.0 Å². The van der Waals surface area contributed by atoms with Crippen molar-refractivity contribution >= 4 is 59.9 Å². The standard InChI is InChI=1S/C19H20BrN3OS2/c1-12(2)13-4-3-5-14-17(13)21-19(26-14)23-10-8-22(9-11-23)18(24)15-6-7-16(20)25-15/h3-7,12H,8-11H2,1-2H3. The second kappa shape index (κ2) is 7.29. The number of benzene rings is 1. The summed E-state index contributed by atoms with van der Waals surface area (Å²) in [5, 5.41) is 1.07. The Hall–Kier alpha value is -1.44. The Morgan fingerprint density at radius 1 is 1.12 bits per heavy atom. The maximum atomic E-state index is 12.6. The van der Waals surface area contributed by atoms with Crippen LogP contribution in [0.3, 0.4) is 0 Å².